The van der Waals surface area contributed by atoms with Crippen LogP contribution in [0.1, 0.15) is 63.9 Å². The Morgan fingerprint density at radius 1 is 1.04 bits per heavy atom. The number of rotatable bonds is 15. The first-order valence-electron chi connectivity index (χ1n) is 10.2. The van der Waals surface area contributed by atoms with Gasteiger partial charge in [0.2, 0.25) is 0 Å². The van der Waals surface area contributed by atoms with E-state index >= 15 is 0 Å². The maximum absolute atomic E-state index is 11.5. The summed E-state index contributed by atoms with van der Waals surface area (Å²) in [6, 6.07) is 10.3. The molecule has 0 spiro atoms. The van der Waals surface area contributed by atoms with Gasteiger partial charge in [-0.3, -0.25) is 4.79 Å². The number of allylic oxidation sites excluding steroid dienone is 2. The van der Waals surface area contributed by atoms with Gasteiger partial charge >= 0.3 is 5.97 Å². The molecule has 0 fully saturated rings. The molecule has 0 aliphatic carbocycles. The number of esters is 1. The summed E-state index contributed by atoms with van der Waals surface area (Å²) >= 11 is 0. The molecule has 0 aliphatic heterocycles. The first-order chi connectivity index (χ1) is 13.1. The highest BCUT2D eigenvalue weighted by Gasteiger charge is 2.22. The summed E-state index contributed by atoms with van der Waals surface area (Å²) in [7, 11) is 1.36. The Bertz CT molecular complexity index is 510. The zero-order chi connectivity index (χ0) is 19.7. The predicted molar refractivity (Wildman–Crippen MR) is 109 cm³/mol. The van der Waals surface area contributed by atoms with Crippen LogP contribution in [0.4, 0.5) is 0 Å². The maximum atomic E-state index is 11.5. The molecule has 152 valence electrons. The van der Waals surface area contributed by atoms with Gasteiger partial charge < -0.3 is 14.6 Å². The van der Waals surface area contributed by atoms with E-state index in [1.165, 1.54) is 44.8 Å². The van der Waals surface area contributed by atoms with Gasteiger partial charge in [0.05, 0.1) is 25.7 Å². The van der Waals surface area contributed by atoms with Gasteiger partial charge in [-0.05, 0) is 38.2 Å². The van der Waals surface area contributed by atoms with Crippen molar-refractivity contribution in [2.75, 3.05) is 13.7 Å². The number of aliphatic hydroxyl groups excluding tert-OH is 1. The molecule has 4 heteroatoms. The Morgan fingerprint density at radius 2 is 1.70 bits per heavy atom. The van der Waals surface area contributed by atoms with Crippen molar-refractivity contribution in [3.05, 3.63) is 48.0 Å². The molecular weight excluding hydrogens is 340 g/mol. The highest BCUT2D eigenvalue weighted by atomic mass is 16.5. The lowest BCUT2D eigenvalue weighted by Crippen LogP contribution is -2.26. The van der Waals surface area contributed by atoms with Gasteiger partial charge in [-0.25, -0.2) is 0 Å². The molecule has 0 bridgehead atoms. The molecule has 1 aromatic rings. The molecule has 0 amide bonds. The van der Waals surface area contributed by atoms with E-state index in [0.29, 0.717) is 13.0 Å². The van der Waals surface area contributed by atoms with E-state index in [2.05, 4.69) is 18.2 Å². The number of carbonyl (C=O) groups is 1. The summed E-state index contributed by atoms with van der Waals surface area (Å²) in [4.78, 5) is 11.5. The smallest absolute Gasteiger partial charge is 0.311 e. The van der Waals surface area contributed by atoms with Gasteiger partial charge in [-0.2, -0.15) is 0 Å². The third-order valence-electron chi connectivity index (χ3n) is 4.66. The lowest BCUT2D eigenvalue weighted by molar-refractivity contribution is -0.148. The molecule has 0 radical (unpaired) electrons. The first kappa shape index (κ1) is 23.4. The van der Waals surface area contributed by atoms with Crippen molar-refractivity contribution in [3.63, 3.8) is 0 Å². The van der Waals surface area contributed by atoms with Crippen LogP contribution in [0.2, 0.25) is 0 Å². The maximum Gasteiger partial charge on any atom is 0.311 e. The van der Waals surface area contributed by atoms with E-state index in [9.17, 15) is 9.90 Å². The van der Waals surface area contributed by atoms with Gasteiger partial charge in [0.15, 0.2) is 0 Å². The number of methoxy groups -OCH3 is 1. The average molecular weight is 377 g/mol. The van der Waals surface area contributed by atoms with Gasteiger partial charge in [-0.15, -0.1) is 0 Å². The molecule has 0 unspecified atom stereocenters. The van der Waals surface area contributed by atoms with Crippen LogP contribution in [0.15, 0.2) is 42.5 Å². The van der Waals surface area contributed by atoms with Crippen molar-refractivity contribution in [2.45, 2.75) is 71.0 Å². The number of aliphatic hydroxyl groups is 1. The molecule has 0 saturated carbocycles. The van der Waals surface area contributed by atoms with Crippen LogP contribution in [0.25, 0.3) is 0 Å². The lowest BCUT2D eigenvalue weighted by Gasteiger charge is -2.15. The Hall–Kier alpha value is -1.65. The van der Waals surface area contributed by atoms with Crippen LogP contribution in [-0.2, 0) is 20.9 Å². The molecule has 27 heavy (non-hydrogen) atoms. The van der Waals surface area contributed by atoms with Crippen LogP contribution in [0.3, 0.4) is 0 Å². The van der Waals surface area contributed by atoms with E-state index in [0.717, 1.165) is 19.4 Å². The number of hydrogen-bond acceptors (Lipinski definition) is 4. The Kier molecular flexibility index (Phi) is 13.4. The van der Waals surface area contributed by atoms with Crippen LogP contribution < -0.4 is 0 Å². The predicted octanol–water partition coefficient (Wildman–Crippen LogP) is 5.05. The summed E-state index contributed by atoms with van der Waals surface area (Å²) in [6.45, 7) is 3.17. The topological polar surface area (TPSA) is 55.8 Å². The summed E-state index contributed by atoms with van der Waals surface area (Å²) in [6.07, 6.45) is 12.2. The summed E-state index contributed by atoms with van der Waals surface area (Å²) in [5, 5.41) is 9.61. The van der Waals surface area contributed by atoms with Crippen molar-refractivity contribution >= 4 is 5.97 Å². The molecular formula is C23H36O4. The van der Waals surface area contributed by atoms with Crippen molar-refractivity contribution < 1.29 is 19.4 Å². The highest BCUT2D eigenvalue weighted by Crippen LogP contribution is 2.13. The molecule has 0 heterocycles. The normalized spacial score (nSPS) is 13.6. The van der Waals surface area contributed by atoms with Crippen LogP contribution >= 0.6 is 0 Å². The second-order valence-electron chi connectivity index (χ2n) is 7.03. The zero-order valence-corrected chi connectivity index (χ0v) is 16.9. The molecule has 0 saturated heterocycles. The number of benzene rings is 1. The van der Waals surface area contributed by atoms with E-state index in [4.69, 9.17) is 9.47 Å². The molecule has 1 aromatic carbocycles. The Morgan fingerprint density at radius 3 is 2.37 bits per heavy atom. The van der Waals surface area contributed by atoms with E-state index < -0.39 is 12.0 Å². The summed E-state index contributed by atoms with van der Waals surface area (Å²) in [5.74, 6) is -0.808. The Labute approximate surface area is 164 Å². The number of hydrogen-bond donors (Lipinski definition) is 1. The van der Waals surface area contributed by atoms with Crippen molar-refractivity contribution in [2.24, 2.45) is 5.92 Å². The Balaban J connectivity index is 1.91. The molecule has 0 aliphatic rings. The fraction of sp³-hybridized carbons (Fsp3) is 0.609. The molecule has 2 atom stereocenters. The van der Waals surface area contributed by atoms with Gasteiger partial charge in [0.25, 0.3) is 0 Å². The highest BCUT2D eigenvalue weighted by molar-refractivity contribution is 5.73. The zero-order valence-electron chi connectivity index (χ0n) is 16.9. The van der Waals surface area contributed by atoms with Crippen LogP contribution in [0, 0.1) is 5.92 Å². The monoisotopic (exact) mass is 376 g/mol. The summed E-state index contributed by atoms with van der Waals surface area (Å²) in [5.41, 5.74) is 1.23. The first-order valence-corrected chi connectivity index (χ1v) is 10.2. The minimum atomic E-state index is -0.682. The molecule has 1 rings (SSSR count). The van der Waals surface area contributed by atoms with E-state index in [-0.39, 0.29) is 5.97 Å². The molecule has 0 aromatic heterocycles. The van der Waals surface area contributed by atoms with Gasteiger partial charge in [0, 0.05) is 6.61 Å². The van der Waals surface area contributed by atoms with Gasteiger partial charge in [-0.1, -0.05) is 68.2 Å². The molecule has 1 N–H and O–H groups in total. The van der Waals surface area contributed by atoms with Crippen LogP contribution in [0.5, 0.6) is 0 Å². The number of carbonyl (C=O) groups excluding carboxylic acids is 1. The fourth-order valence-corrected chi connectivity index (χ4v) is 2.94. The second-order valence-corrected chi connectivity index (χ2v) is 7.03. The van der Waals surface area contributed by atoms with E-state index in [1.807, 2.05) is 24.3 Å². The minimum absolute atomic E-state index is 0.345. The second kappa shape index (κ2) is 15.4. The van der Waals surface area contributed by atoms with Crippen molar-refractivity contribution in [1.82, 2.24) is 0 Å². The largest absolute Gasteiger partial charge is 0.469 e. The lowest BCUT2D eigenvalue weighted by atomic mass is 9.99. The quantitative estimate of drug-likeness (QED) is 0.264. The number of ether oxygens (including phenoxy) is 2. The summed E-state index contributed by atoms with van der Waals surface area (Å²) < 4.78 is 10.4. The molecule has 4 nitrogen and oxygen atoms in total. The third-order valence-corrected chi connectivity index (χ3v) is 4.66. The van der Waals surface area contributed by atoms with E-state index in [1.54, 1.807) is 6.92 Å². The van der Waals surface area contributed by atoms with Crippen LogP contribution in [-0.4, -0.2) is 30.9 Å². The minimum Gasteiger partial charge on any atom is -0.469 e. The van der Waals surface area contributed by atoms with Gasteiger partial charge in [0.1, 0.15) is 0 Å². The average Bonchev–Trinajstić information content (AvgIpc) is 2.68. The van der Waals surface area contributed by atoms with Crippen molar-refractivity contribution in [3.8, 4) is 0 Å². The standard InChI is InChI=1S/C23H36O4/c1-20(24)22(23(25)26-2)17-13-8-6-4-3-5-7-9-14-18-27-19-21-15-11-10-12-16-21/h8,10-13,15-16,20,22,24H,3-7,9,14,17-19H2,1-2H3/b13-8+/t20-,22-/m0/s1. The third kappa shape index (κ3) is 11.6. The van der Waals surface area contributed by atoms with Crippen molar-refractivity contribution in [1.29, 1.82) is 0 Å². The number of unbranched alkanes of at least 4 members (excludes halogenated alkanes) is 6. The fourth-order valence-electron chi connectivity index (χ4n) is 2.94. The SMILES string of the molecule is COC(=O)[C@@H](C/C=C/CCCCCCCCOCc1ccccc1)[C@H](C)O.